The highest BCUT2D eigenvalue weighted by Crippen LogP contribution is 1.83. The van der Waals surface area contributed by atoms with Gasteiger partial charge >= 0.3 is 0 Å². The molecule has 2 N–H and O–H groups in total. The number of aliphatic hydroxyl groups excluding tert-OH is 1. The van der Waals surface area contributed by atoms with Gasteiger partial charge in [0.05, 0.1) is 13.2 Å². The average Bonchev–Trinajstić information content (AvgIpc) is 2.15. The van der Waals surface area contributed by atoms with Crippen molar-refractivity contribution in [3.63, 3.8) is 0 Å². The summed E-state index contributed by atoms with van der Waals surface area (Å²) in [6.45, 7) is 4.71. The maximum Gasteiger partial charge on any atom is 0.0593 e. The van der Waals surface area contributed by atoms with E-state index in [1.807, 2.05) is 14.1 Å². The van der Waals surface area contributed by atoms with Crippen molar-refractivity contribution >= 4 is 0 Å². The third kappa shape index (κ3) is 11.8. The van der Waals surface area contributed by atoms with Crippen molar-refractivity contribution in [2.45, 2.75) is 12.8 Å². The van der Waals surface area contributed by atoms with Gasteiger partial charge in [0, 0.05) is 19.7 Å². The van der Waals surface area contributed by atoms with Gasteiger partial charge in [0.2, 0.25) is 0 Å². The molecule has 86 valence electrons. The summed E-state index contributed by atoms with van der Waals surface area (Å²) in [5.41, 5.74) is 0. The van der Waals surface area contributed by atoms with Gasteiger partial charge in [-0.05, 0) is 33.5 Å². The van der Waals surface area contributed by atoms with Gasteiger partial charge in [-0.25, -0.2) is 0 Å². The Labute approximate surface area is 87.2 Å². The zero-order chi connectivity index (χ0) is 10.6. The quantitative estimate of drug-likeness (QED) is 0.489. The molecule has 14 heavy (non-hydrogen) atoms. The Bertz CT molecular complexity index is 110. The molecular formula is C10H24N2O2. The highest BCUT2D eigenvalue weighted by Gasteiger charge is 1.91. The second-order valence-electron chi connectivity index (χ2n) is 3.60. The van der Waals surface area contributed by atoms with Crippen LogP contribution in [-0.4, -0.2) is 63.6 Å². The van der Waals surface area contributed by atoms with Gasteiger partial charge in [0.25, 0.3) is 0 Å². The summed E-state index contributed by atoms with van der Waals surface area (Å²) in [5.74, 6) is 0. The summed E-state index contributed by atoms with van der Waals surface area (Å²) < 4.78 is 5.40. The maximum absolute atomic E-state index is 8.53. The van der Waals surface area contributed by atoms with Gasteiger partial charge < -0.3 is 20.1 Å². The van der Waals surface area contributed by atoms with E-state index in [1.165, 1.54) is 0 Å². The van der Waals surface area contributed by atoms with Crippen LogP contribution in [0.1, 0.15) is 12.8 Å². The van der Waals surface area contributed by atoms with Gasteiger partial charge in [-0.1, -0.05) is 0 Å². The fourth-order valence-corrected chi connectivity index (χ4v) is 0.980. The predicted octanol–water partition coefficient (Wildman–Crippen LogP) is -0.0733. The minimum atomic E-state index is 0.293. The molecule has 0 aliphatic rings. The molecule has 0 aromatic heterocycles. The van der Waals surface area contributed by atoms with E-state index < -0.39 is 0 Å². The van der Waals surface area contributed by atoms with Crippen LogP contribution in [0.4, 0.5) is 0 Å². The molecule has 4 heteroatoms. The first kappa shape index (κ1) is 13.8. The molecular weight excluding hydrogens is 180 g/mol. The fraction of sp³-hybridized carbons (Fsp3) is 1.00. The molecule has 0 spiro atoms. The molecule has 0 rings (SSSR count). The minimum absolute atomic E-state index is 0.293. The van der Waals surface area contributed by atoms with Crippen LogP contribution < -0.4 is 5.32 Å². The number of unbranched alkanes of at least 4 members (excludes halogenated alkanes) is 1. The molecule has 0 aromatic rings. The van der Waals surface area contributed by atoms with E-state index in [0.717, 1.165) is 45.7 Å². The lowest BCUT2D eigenvalue weighted by Gasteiger charge is -2.10. The second kappa shape index (κ2) is 10.9. The van der Waals surface area contributed by atoms with Gasteiger partial charge in [-0.2, -0.15) is 0 Å². The molecule has 0 aliphatic carbocycles. The smallest absolute Gasteiger partial charge is 0.0593 e. The number of hydrogen-bond acceptors (Lipinski definition) is 4. The molecule has 0 radical (unpaired) electrons. The van der Waals surface area contributed by atoms with Crippen LogP contribution in [0.15, 0.2) is 0 Å². The summed E-state index contributed by atoms with van der Waals surface area (Å²) in [5, 5.41) is 11.8. The van der Waals surface area contributed by atoms with Gasteiger partial charge in [0.1, 0.15) is 0 Å². The van der Waals surface area contributed by atoms with Crippen molar-refractivity contribution in [1.29, 1.82) is 0 Å². The predicted molar refractivity (Wildman–Crippen MR) is 58.6 cm³/mol. The van der Waals surface area contributed by atoms with E-state index >= 15 is 0 Å². The molecule has 0 aliphatic heterocycles. The van der Waals surface area contributed by atoms with E-state index in [4.69, 9.17) is 9.84 Å². The van der Waals surface area contributed by atoms with Crippen molar-refractivity contribution in [3.8, 4) is 0 Å². The summed E-state index contributed by atoms with van der Waals surface area (Å²) in [7, 11) is 4.08. The van der Waals surface area contributed by atoms with Crippen molar-refractivity contribution in [3.05, 3.63) is 0 Å². The highest BCUT2D eigenvalue weighted by atomic mass is 16.5. The third-order valence-electron chi connectivity index (χ3n) is 1.87. The molecule has 0 bridgehead atoms. The van der Waals surface area contributed by atoms with Crippen molar-refractivity contribution in [2.24, 2.45) is 0 Å². The first-order valence-corrected chi connectivity index (χ1v) is 5.31. The lowest BCUT2D eigenvalue weighted by Crippen LogP contribution is -2.24. The van der Waals surface area contributed by atoms with E-state index in [2.05, 4.69) is 10.2 Å². The van der Waals surface area contributed by atoms with Crippen LogP contribution >= 0.6 is 0 Å². The summed E-state index contributed by atoms with van der Waals surface area (Å²) in [6, 6.07) is 0. The largest absolute Gasteiger partial charge is 0.396 e. The molecule has 0 fully saturated rings. The summed E-state index contributed by atoms with van der Waals surface area (Å²) >= 11 is 0. The molecule has 0 atom stereocenters. The molecule has 0 aromatic carbocycles. The van der Waals surface area contributed by atoms with Crippen molar-refractivity contribution in [2.75, 3.05) is 53.6 Å². The Morgan fingerprint density at radius 3 is 2.57 bits per heavy atom. The van der Waals surface area contributed by atoms with Crippen LogP contribution in [0.25, 0.3) is 0 Å². The minimum Gasteiger partial charge on any atom is -0.396 e. The van der Waals surface area contributed by atoms with E-state index in [1.54, 1.807) is 0 Å². The monoisotopic (exact) mass is 204 g/mol. The number of aliphatic hydroxyl groups is 1. The van der Waals surface area contributed by atoms with Gasteiger partial charge in [0.15, 0.2) is 0 Å². The second-order valence-corrected chi connectivity index (χ2v) is 3.60. The molecule has 0 unspecified atom stereocenters. The number of hydrogen-bond donors (Lipinski definition) is 2. The molecule has 0 amide bonds. The van der Waals surface area contributed by atoms with Crippen molar-refractivity contribution < 1.29 is 9.84 Å². The Balaban J connectivity index is 2.85. The van der Waals surface area contributed by atoms with Crippen molar-refractivity contribution in [1.82, 2.24) is 10.2 Å². The zero-order valence-corrected chi connectivity index (χ0v) is 9.46. The topological polar surface area (TPSA) is 44.7 Å². The third-order valence-corrected chi connectivity index (χ3v) is 1.87. The highest BCUT2D eigenvalue weighted by molar-refractivity contribution is 4.47. The number of nitrogens with zero attached hydrogens (tertiary/aromatic N) is 1. The zero-order valence-electron chi connectivity index (χ0n) is 9.46. The van der Waals surface area contributed by atoms with Crippen LogP contribution in [-0.2, 0) is 4.74 Å². The maximum atomic E-state index is 8.53. The number of rotatable bonds is 10. The van der Waals surface area contributed by atoms with Crippen LogP contribution in [0.5, 0.6) is 0 Å². The summed E-state index contributed by atoms with van der Waals surface area (Å²) in [4.78, 5) is 2.11. The molecule has 0 saturated carbocycles. The fourth-order valence-electron chi connectivity index (χ4n) is 0.980. The lowest BCUT2D eigenvalue weighted by atomic mass is 10.3. The molecule has 0 saturated heterocycles. The van der Waals surface area contributed by atoms with Crippen LogP contribution in [0.2, 0.25) is 0 Å². The lowest BCUT2D eigenvalue weighted by molar-refractivity contribution is 0.119. The van der Waals surface area contributed by atoms with E-state index in [-0.39, 0.29) is 0 Å². The van der Waals surface area contributed by atoms with Crippen LogP contribution in [0.3, 0.4) is 0 Å². The molecule has 0 heterocycles. The Morgan fingerprint density at radius 1 is 1.14 bits per heavy atom. The number of likely N-dealkylation sites (N-methyl/N-ethyl adjacent to an activating group) is 1. The number of ether oxygens (including phenoxy) is 1. The average molecular weight is 204 g/mol. The Hall–Kier alpha value is -0.160. The SMILES string of the molecule is CN(C)CCOCCNCCCCO. The van der Waals surface area contributed by atoms with Gasteiger partial charge in [-0.15, -0.1) is 0 Å². The van der Waals surface area contributed by atoms with E-state index in [0.29, 0.717) is 6.61 Å². The normalized spacial score (nSPS) is 11.1. The number of nitrogens with one attached hydrogen (secondary N) is 1. The van der Waals surface area contributed by atoms with Crippen LogP contribution in [0, 0.1) is 0 Å². The first-order chi connectivity index (χ1) is 6.77. The Kier molecular flexibility index (Phi) is 10.8. The Morgan fingerprint density at radius 2 is 1.93 bits per heavy atom. The summed E-state index contributed by atoms with van der Waals surface area (Å²) in [6.07, 6.45) is 1.92. The standard InChI is InChI=1S/C10H24N2O2/c1-12(2)7-10-14-9-6-11-5-3-4-8-13/h11,13H,3-10H2,1-2H3. The first-order valence-electron chi connectivity index (χ1n) is 5.31. The van der Waals surface area contributed by atoms with E-state index in [9.17, 15) is 0 Å². The molecule has 4 nitrogen and oxygen atoms in total. The van der Waals surface area contributed by atoms with Gasteiger partial charge in [-0.3, -0.25) is 0 Å².